The molecule has 1 aromatic heterocycles. The Balaban J connectivity index is 1.97. The maximum atomic E-state index is 11.7. The normalized spacial score (nSPS) is 29.3. The van der Waals surface area contributed by atoms with Crippen LogP contribution in [-0.2, 0) is 10.3 Å². The third-order valence-electron chi connectivity index (χ3n) is 5.17. The highest BCUT2D eigenvalue weighted by molar-refractivity contribution is 5.76. The number of carboxylic acids is 1. The first-order valence-electron chi connectivity index (χ1n) is 7.18. The van der Waals surface area contributed by atoms with E-state index in [0.29, 0.717) is 30.6 Å². The molecule has 2 unspecified atom stereocenters. The summed E-state index contributed by atoms with van der Waals surface area (Å²) in [6.07, 6.45) is 4.76. The summed E-state index contributed by atoms with van der Waals surface area (Å²) < 4.78 is 1.60. The maximum absolute atomic E-state index is 11.7. The number of nitrogens with zero attached hydrogens (tertiary/aromatic N) is 4. The lowest BCUT2D eigenvalue weighted by molar-refractivity contribution is -0.148. The smallest absolute Gasteiger partial charge is 0.331 e. The van der Waals surface area contributed by atoms with E-state index in [4.69, 9.17) is 0 Å². The van der Waals surface area contributed by atoms with Crippen LogP contribution in [0.2, 0.25) is 0 Å². The van der Waals surface area contributed by atoms with Gasteiger partial charge in [0.2, 0.25) is 0 Å². The van der Waals surface area contributed by atoms with Crippen molar-refractivity contribution in [2.24, 2.45) is 11.8 Å². The van der Waals surface area contributed by atoms with Crippen molar-refractivity contribution in [3.8, 4) is 0 Å². The Morgan fingerprint density at radius 1 is 1.37 bits per heavy atom. The first kappa shape index (κ1) is 12.6. The molecular formula is C13H20N4O2. The van der Waals surface area contributed by atoms with Crippen LogP contribution in [0.3, 0.4) is 0 Å². The zero-order chi connectivity index (χ0) is 13.6. The molecule has 2 fully saturated rings. The van der Waals surface area contributed by atoms with Gasteiger partial charge < -0.3 is 5.11 Å². The van der Waals surface area contributed by atoms with Gasteiger partial charge in [-0.15, -0.1) is 5.10 Å². The Morgan fingerprint density at radius 3 is 2.53 bits per heavy atom. The highest BCUT2D eigenvalue weighted by Gasteiger charge is 2.57. The van der Waals surface area contributed by atoms with Crippen LogP contribution >= 0.6 is 0 Å². The number of tetrazole rings is 1. The lowest BCUT2D eigenvalue weighted by Gasteiger charge is -2.27. The predicted octanol–water partition coefficient (Wildman–Crippen LogP) is 1.79. The molecule has 6 nitrogen and oxygen atoms in total. The molecule has 2 saturated carbocycles. The minimum Gasteiger partial charge on any atom is -0.479 e. The summed E-state index contributed by atoms with van der Waals surface area (Å²) in [4.78, 5) is 11.7. The molecule has 1 aromatic rings. The molecular weight excluding hydrogens is 244 g/mol. The SMILES string of the molecule is CCC(CC)(C(=O)O)n1nnnc1C1C2CCCC21. The lowest BCUT2D eigenvalue weighted by atomic mass is 9.92. The van der Waals surface area contributed by atoms with Crippen molar-refractivity contribution in [3.05, 3.63) is 5.82 Å². The Kier molecular flexibility index (Phi) is 2.83. The summed E-state index contributed by atoms with van der Waals surface area (Å²) >= 11 is 0. The maximum Gasteiger partial charge on any atom is 0.331 e. The summed E-state index contributed by atoms with van der Waals surface area (Å²) in [7, 11) is 0. The fraction of sp³-hybridized carbons (Fsp3) is 0.846. The van der Waals surface area contributed by atoms with Crippen LogP contribution in [0.5, 0.6) is 0 Å². The molecule has 2 atom stereocenters. The third kappa shape index (κ3) is 1.61. The van der Waals surface area contributed by atoms with Crippen LogP contribution < -0.4 is 0 Å². The molecule has 1 N–H and O–H groups in total. The minimum atomic E-state index is -0.990. The monoisotopic (exact) mass is 264 g/mol. The van der Waals surface area contributed by atoms with Gasteiger partial charge in [-0.2, -0.15) is 0 Å². The number of hydrogen-bond donors (Lipinski definition) is 1. The van der Waals surface area contributed by atoms with E-state index >= 15 is 0 Å². The average Bonchev–Trinajstić information content (AvgIpc) is 2.83. The van der Waals surface area contributed by atoms with Gasteiger partial charge in [0.15, 0.2) is 11.4 Å². The van der Waals surface area contributed by atoms with E-state index in [9.17, 15) is 9.90 Å². The Bertz CT molecular complexity index is 485. The van der Waals surface area contributed by atoms with E-state index < -0.39 is 11.5 Å². The van der Waals surface area contributed by atoms with Crippen molar-refractivity contribution in [1.82, 2.24) is 20.2 Å². The molecule has 104 valence electrons. The molecule has 2 aliphatic rings. The summed E-state index contributed by atoms with van der Waals surface area (Å²) in [6.45, 7) is 3.77. The largest absolute Gasteiger partial charge is 0.479 e. The van der Waals surface area contributed by atoms with Gasteiger partial charge in [0, 0.05) is 5.92 Å². The van der Waals surface area contributed by atoms with Gasteiger partial charge in [0.05, 0.1) is 0 Å². The highest BCUT2D eigenvalue weighted by atomic mass is 16.4. The molecule has 3 rings (SSSR count). The van der Waals surface area contributed by atoms with Crippen LogP contribution in [0, 0.1) is 11.8 Å². The summed E-state index contributed by atoms with van der Waals surface area (Å²) in [6, 6.07) is 0. The van der Waals surface area contributed by atoms with Crippen molar-refractivity contribution in [2.45, 2.75) is 57.4 Å². The van der Waals surface area contributed by atoms with Crippen LogP contribution in [0.15, 0.2) is 0 Å². The molecule has 0 aromatic carbocycles. The molecule has 0 amide bonds. The number of hydrogen-bond acceptors (Lipinski definition) is 4. The third-order valence-corrected chi connectivity index (χ3v) is 5.17. The fourth-order valence-corrected chi connectivity index (χ4v) is 3.85. The topological polar surface area (TPSA) is 80.9 Å². The first-order chi connectivity index (χ1) is 9.15. The summed E-state index contributed by atoms with van der Waals surface area (Å²) in [5.41, 5.74) is -0.990. The van der Waals surface area contributed by atoms with Gasteiger partial charge in [0.1, 0.15) is 0 Å². The molecule has 2 aliphatic carbocycles. The van der Waals surface area contributed by atoms with Crippen molar-refractivity contribution in [2.75, 3.05) is 0 Å². The highest BCUT2D eigenvalue weighted by Crippen LogP contribution is 2.62. The molecule has 0 spiro atoms. The van der Waals surface area contributed by atoms with Crippen molar-refractivity contribution >= 4 is 5.97 Å². The van der Waals surface area contributed by atoms with E-state index in [0.717, 1.165) is 5.82 Å². The number of carboxylic acid groups (broad SMARTS) is 1. The quantitative estimate of drug-likeness (QED) is 0.876. The molecule has 1 heterocycles. The predicted molar refractivity (Wildman–Crippen MR) is 67.6 cm³/mol. The zero-order valence-electron chi connectivity index (χ0n) is 11.4. The molecule has 0 aliphatic heterocycles. The van der Waals surface area contributed by atoms with E-state index in [2.05, 4.69) is 15.5 Å². The van der Waals surface area contributed by atoms with E-state index in [1.165, 1.54) is 19.3 Å². The van der Waals surface area contributed by atoms with Gasteiger partial charge in [-0.1, -0.05) is 20.3 Å². The zero-order valence-corrected chi connectivity index (χ0v) is 11.4. The standard InChI is InChI=1S/C13H20N4O2/c1-3-13(4-2,12(18)19)17-11(14-15-16-17)10-8-6-5-7-9(8)10/h8-10H,3-7H2,1-2H3,(H,18,19). The van der Waals surface area contributed by atoms with Gasteiger partial charge in [0.25, 0.3) is 0 Å². The fourth-order valence-electron chi connectivity index (χ4n) is 3.85. The number of fused-ring (bicyclic) bond motifs is 1. The molecule has 0 bridgehead atoms. The second kappa shape index (κ2) is 4.28. The van der Waals surface area contributed by atoms with Crippen LogP contribution in [0.1, 0.15) is 57.7 Å². The van der Waals surface area contributed by atoms with Gasteiger partial charge in [-0.25, -0.2) is 9.48 Å². The van der Waals surface area contributed by atoms with Crippen LogP contribution in [0.4, 0.5) is 0 Å². The Labute approximate surface area is 112 Å². The second-order valence-corrected chi connectivity index (χ2v) is 5.78. The molecule has 0 saturated heterocycles. The summed E-state index contributed by atoms with van der Waals surface area (Å²) in [5.74, 6) is 1.72. The molecule has 6 heteroatoms. The van der Waals surface area contributed by atoms with Gasteiger partial charge in [-0.05, 0) is 47.9 Å². The second-order valence-electron chi connectivity index (χ2n) is 5.78. The van der Waals surface area contributed by atoms with E-state index in [1.807, 2.05) is 13.8 Å². The number of carbonyl (C=O) groups is 1. The molecule has 0 radical (unpaired) electrons. The van der Waals surface area contributed by atoms with Gasteiger partial charge in [-0.3, -0.25) is 0 Å². The van der Waals surface area contributed by atoms with Crippen molar-refractivity contribution < 1.29 is 9.90 Å². The minimum absolute atomic E-state index is 0.389. The average molecular weight is 264 g/mol. The lowest BCUT2D eigenvalue weighted by Crippen LogP contribution is -2.42. The Hall–Kier alpha value is -1.46. The summed E-state index contributed by atoms with van der Waals surface area (Å²) in [5, 5.41) is 21.5. The number of aliphatic carboxylic acids is 1. The first-order valence-corrected chi connectivity index (χ1v) is 7.18. The van der Waals surface area contributed by atoms with E-state index in [1.54, 1.807) is 4.68 Å². The number of aromatic nitrogens is 4. The van der Waals surface area contributed by atoms with Crippen molar-refractivity contribution in [3.63, 3.8) is 0 Å². The molecule has 19 heavy (non-hydrogen) atoms. The van der Waals surface area contributed by atoms with Crippen LogP contribution in [-0.4, -0.2) is 31.3 Å². The van der Waals surface area contributed by atoms with Crippen LogP contribution in [0.25, 0.3) is 0 Å². The van der Waals surface area contributed by atoms with E-state index in [-0.39, 0.29) is 0 Å². The number of rotatable bonds is 5. The van der Waals surface area contributed by atoms with Gasteiger partial charge >= 0.3 is 5.97 Å². The Morgan fingerprint density at radius 2 is 2.00 bits per heavy atom. The van der Waals surface area contributed by atoms with Crippen molar-refractivity contribution in [1.29, 1.82) is 0 Å².